The van der Waals surface area contributed by atoms with Crippen molar-refractivity contribution in [2.75, 3.05) is 16.0 Å². The number of benzene rings is 8. The Labute approximate surface area is 597 Å². The Kier molecular flexibility index (Phi) is 21.9. The maximum Gasteiger partial charge on any atom is 0.432 e. The molecule has 1 unspecified atom stereocenters. The molecule has 0 spiro atoms. The molecule has 0 aliphatic heterocycles. The van der Waals surface area contributed by atoms with E-state index in [1.165, 1.54) is 124 Å². The van der Waals surface area contributed by atoms with Gasteiger partial charge in [0.1, 0.15) is 28.5 Å². The summed E-state index contributed by atoms with van der Waals surface area (Å²) in [7, 11) is -6.75. The predicted molar refractivity (Wildman–Crippen MR) is 373 cm³/mol. The van der Waals surface area contributed by atoms with E-state index < -0.39 is 103 Å². The first kappa shape index (κ1) is 74.6. The second kappa shape index (κ2) is 29.7. The Morgan fingerprint density at radius 3 is 1.10 bits per heavy atom. The van der Waals surface area contributed by atoms with Gasteiger partial charge in [-0.05, 0) is 243 Å². The third kappa shape index (κ3) is 17.0. The van der Waals surface area contributed by atoms with Gasteiger partial charge in [0, 0.05) is 24.2 Å². The molecule has 1 atom stereocenters. The Hall–Kier alpha value is -10.6. The molecule has 32 heteroatoms. The lowest BCUT2D eigenvalue weighted by Crippen LogP contribution is -2.53. The minimum Gasteiger partial charge on any atom is -0.451 e. The number of rotatable bonds is 19. The van der Waals surface area contributed by atoms with Crippen LogP contribution in [-0.4, -0.2) is 80.4 Å². The summed E-state index contributed by atoms with van der Waals surface area (Å²) in [5.41, 5.74) is -6.33. The van der Waals surface area contributed by atoms with Crippen LogP contribution in [0.4, 0.5) is 53.4 Å². The lowest BCUT2D eigenvalue weighted by Gasteiger charge is -2.26. The molecule has 0 fully saturated rings. The molecule has 0 saturated heterocycles. The van der Waals surface area contributed by atoms with E-state index in [9.17, 15) is 59.1 Å². The summed E-state index contributed by atoms with van der Waals surface area (Å²) in [4.78, 5) is 126. The standard InChI is InChI=1S/C69H55F5I2N6O18S/c1-37-50(77-60(86)95-47-33-23-40(24-34-47)56(83)98-59(68(70,71)72)69(73,74)101(92,93)94)17-10-20-53(37)80-63(89)81(54-21-11-18-51(38(54)2)78-61(87)96-48-15-8-13-41(35-48)57(84)99-66(4,5)43-25-29-45(75)30-26-43)65(91)82(64(80)90)55-22-12-19-52(39(55)3)79-62(88)97-49-16-9-14-42(36-49)58(85)100-67(6,7)44-27-31-46(76)32-28-44/h8-36,59H,1-7H3,(H,77,86)(H,78,87)(H,79,88)(H,92,93,94). The molecule has 0 saturated carbocycles. The van der Waals surface area contributed by atoms with Crippen LogP contribution in [0.2, 0.25) is 0 Å². The number of amides is 3. The second-order valence-corrected chi connectivity index (χ2v) is 27.0. The topological polar surface area (TPSA) is 314 Å². The predicted octanol–water partition coefficient (Wildman–Crippen LogP) is 13.9. The van der Waals surface area contributed by atoms with E-state index in [-0.39, 0.29) is 73.4 Å². The molecule has 524 valence electrons. The van der Waals surface area contributed by atoms with Gasteiger partial charge >= 0.3 is 74.8 Å². The molecule has 0 aliphatic carbocycles. The number of anilines is 3. The molecule has 101 heavy (non-hydrogen) atoms. The van der Waals surface area contributed by atoms with Crippen molar-refractivity contribution in [3.8, 4) is 34.3 Å². The Balaban J connectivity index is 1.03. The van der Waals surface area contributed by atoms with Crippen molar-refractivity contribution >= 4 is 109 Å². The Bertz CT molecular complexity index is 4870. The van der Waals surface area contributed by atoms with Gasteiger partial charge in [-0.2, -0.15) is 30.4 Å². The fourth-order valence-corrected chi connectivity index (χ4v) is 11.1. The summed E-state index contributed by atoms with van der Waals surface area (Å²) in [6, 6.07) is 40.9. The van der Waals surface area contributed by atoms with Crippen molar-refractivity contribution in [2.24, 2.45) is 0 Å². The van der Waals surface area contributed by atoms with Gasteiger partial charge < -0.3 is 28.4 Å². The average molecular weight is 1640 g/mol. The SMILES string of the molecule is Cc1c(NC(=O)Oc2ccc(C(=O)OC(C(F)(F)F)C(F)(F)S(=O)(=O)O)cc2)cccc1-n1c(=O)n(-c2cccc(NC(=O)Oc3cccc(C(=O)OC(C)(C)c4ccc(I)cc4)c3)c2C)c(=O)n(-c2cccc(NC(=O)Oc3cccc(C(=O)OC(C)(C)c4ccc(I)cc4)c3)c2C)c1=O. The molecular weight excluding hydrogens is 1580 g/mol. The maximum atomic E-state index is 15.3. The van der Waals surface area contributed by atoms with Crippen LogP contribution in [0.5, 0.6) is 17.2 Å². The Morgan fingerprint density at radius 1 is 0.446 bits per heavy atom. The van der Waals surface area contributed by atoms with Crippen molar-refractivity contribution < 1.29 is 92.1 Å². The van der Waals surface area contributed by atoms with Crippen molar-refractivity contribution in [3.63, 3.8) is 0 Å². The molecule has 1 heterocycles. The lowest BCUT2D eigenvalue weighted by molar-refractivity contribution is -0.248. The van der Waals surface area contributed by atoms with E-state index >= 15 is 14.4 Å². The molecule has 4 N–H and O–H groups in total. The number of esters is 3. The van der Waals surface area contributed by atoms with E-state index in [0.29, 0.717) is 25.8 Å². The molecule has 0 bridgehead atoms. The highest BCUT2D eigenvalue weighted by molar-refractivity contribution is 14.1. The first-order valence-corrected chi connectivity index (χ1v) is 33.1. The summed E-state index contributed by atoms with van der Waals surface area (Å²) in [5.74, 6) is -4.21. The van der Waals surface area contributed by atoms with Gasteiger partial charge in [0.15, 0.2) is 0 Å². The fourth-order valence-electron chi connectivity index (χ4n) is 9.96. The molecule has 9 rings (SSSR count). The van der Waals surface area contributed by atoms with Crippen LogP contribution in [0.15, 0.2) is 190 Å². The third-order valence-electron chi connectivity index (χ3n) is 15.3. The quantitative estimate of drug-likeness (QED) is 0.0192. The number of carbonyl (C=O) groups excluding carboxylic acids is 6. The summed E-state index contributed by atoms with van der Waals surface area (Å²) in [6.45, 7) is 11.0. The van der Waals surface area contributed by atoms with E-state index in [1.54, 1.807) is 27.7 Å². The van der Waals surface area contributed by atoms with Crippen LogP contribution in [0.1, 0.15) is 86.6 Å². The van der Waals surface area contributed by atoms with E-state index in [2.05, 4.69) is 65.9 Å². The number of carbonyl (C=O) groups is 6. The van der Waals surface area contributed by atoms with Crippen LogP contribution in [0, 0.1) is 27.9 Å². The smallest absolute Gasteiger partial charge is 0.432 e. The van der Waals surface area contributed by atoms with Crippen LogP contribution < -0.4 is 47.2 Å². The zero-order chi connectivity index (χ0) is 73.8. The van der Waals surface area contributed by atoms with Gasteiger partial charge in [-0.25, -0.2) is 56.9 Å². The van der Waals surface area contributed by atoms with Gasteiger partial charge in [-0.3, -0.25) is 20.5 Å². The zero-order valence-electron chi connectivity index (χ0n) is 53.6. The molecule has 1 aromatic heterocycles. The first-order chi connectivity index (χ1) is 47.3. The Morgan fingerprint density at radius 2 is 0.772 bits per heavy atom. The number of nitrogens with zero attached hydrogens (tertiary/aromatic N) is 3. The highest BCUT2D eigenvalue weighted by Crippen LogP contribution is 2.39. The fraction of sp³-hybridized carbons (Fsp3) is 0.174. The third-order valence-corrected chi connectivity index (χ3v) is 17.6. The van der Waals surface area contributed by atoms with Gasteiger partial charge in [0.25, 0.3) is 6.10 Å². The van der Waals surface area contributed by atoms with Gasteiger partial charge in [0.2, 0.25) is 0 Å². The normalized spacial score (nSPS) is 12.1. The van der Waals surface area contributed by atoms with Crippen LogP contribution in [0.25, 0.3) is 17.1 Å². The summed E-state index contributed by atoms with van der Waals surface area (Å²) in [5, 5.41) is 1.52. The summed E-state index contributed by atoms with van der Waals surface area (Å²) < 4.78 is 135. The van der Waals surface area contributed by atoms with Crippen LogP contribution >= 0.6 is 45.2 Å². The number of aromatic nitrogens is 3. The van der Waals surface area contributed by atoms with Gasteiger partial charge in [-0.15, -0.1) is 0 Å². The van der Waals surface area contributed by atoms with Crippen molar-refractivity contribution in [1.82, 2.24) is 13.7 Å². The summed E-state index contributed by atoms with van der Waals surface area (Å²) >= 11 is 4.30. The number of hydrogen-bond donors (Lipinski definition) is 4. The van der Waals surface area contributed by atoms with E-state index in [0.717, 1.165) is 30.4 Å². The minimum atomic E-state index is -6.75. The lowest BCUT2D eigenvalue weighted by atomic mass is 9.98. The monoisotopic (exact) mass is 1640 g/mol. The number of halogens is 7. The number of nitrogens with one attached hydrogen (secondary N) is 3. The summed E-state index contributed by atoms with van der Waals surface area (Å²) in [6.07, 6.45) is -14.4. The largest absolute Gasteiger partial charge is 0.451 e. The molecule has 8 aromatic carbocycles. The molecule has 9 aromatic rings. The van der Waals surface area contributed by atoms with Gasteiger partial charge in [0.05, 0.1) is 33.8 Å². The number of alkyl halides is 5. The van der Waals surface area contributed by atoms with Gasteiger partial charge in [-0.1, -0.05) is 54.6 Å². The molecule has 0 radical (unpaired) electrons. The molecule has 3 amide bonds. The molecular formula is C69H55F5I2N6O18S. The van der Waals surface area contributed by atoms with E-state index in [1.807, 2.05) is 48.5 Å². The van der Waals surface area contributed by atoms with Crippen molar-refractivity contribution in [1.29, 1.82) is 0 Å². The van der Waals surface area contributed by atoms with Crippen LogP contribution in [-0.2, 0) is 35.5 Å². The zero-order valence-corrected chi connectivity index (χ0v) is 58.7. The molecule has 24 nitrogen and oxygen atoms in total. The second-order valence-electron chi connectivity index (χ2n) is 23.0. The highest BCUT2D eigenvalue weighted by Gasteiger charge is 2.66. The van der Waals surface area contributed by atoms with Crippen molar-refractivity contribution in [3.05, 3.63) is 259 Å². The van der Waals surface area contributed by atoms with Crippen LogP contribution in [0.3, 0.4) is 0 Å². The van der Waals surface area contributed by atoms with E-state index in [4.69, 9.17) is 28.2 Å². The average Bonchev–Trinajstić information content (AvgIpc) is 0.739. The number of ether oxygens (including phenoxy) is 6. The molecule has 0 aliphatic rings. The first-order valence-electron chi connectivity index (χ1n) is 29.5. The van der Waals surface area contributed by atoms with Crippen molar-refractivity contribution in [2.45, 2.75) is 77.2 Å². The minimum absolute atomic E-state index is 0.0296. The number of hydrogen-bond acceptors (Lipinski definition) is 17. The maximum absolute atomic E-state index is 15.3. The highest BCUT2D eigenvalue weighted by atomic mass is 127.